The Morgan fingerprint density at radius 1 is 1.02 bits per heavy atom. The second-order valence-corrected chi connectivity index (χ2v) is 11.4. The van der Waals surface area contributed by atoms with E-state index in [-0.39, 0.29) is 44.3 Å². The van der Waals surface area contributed by atoms with Gasteiger partial charge in [-0.1, -0.05) is 55.9 Å². The van der Waals surface area contributed by atoms with Gasteiger partial charge in [-0.25, -0.2) is 13.8 Å². The number of nitrogens with one attached hydrogen (secondary N) is 1. The Morgan fingerprint density at radius 3 is 2.42 bits per heavy atom. The molecule has 1 aromatic heterocycles. The average Bonchev–Trinajstić information content (AvgIpc) is 3.48. The summed E-state index contributed by atoms with van der Waals surface area (Å²) >= 11 is 0. The van der Waals surface area contributed by atoms with Crippen LogP contribution < -0.4 is 15.6 Å². The minimum atomic E-state index is -0.801. The molecule has 231 valence electrons. The van der Waals surface area contributed by atoms with Gasteiger partial charge in [0.25, 0.3) is 5.56 Å². The zero-order chi connectivity index (χ0) is 30.0. The number of hydrogen-bond donors (Lipinski definition) is 1. The molecule has 7 nitrogen and oxygen atoms in total. The van der Waals surface area contributed by atoms with Crippen molar-refractivity contribution in [2.75, 3.05) is 33.8 Å². The van der Waals surface area contributed by atoms with E-state index in [0.717, 1.165) is 37.1 Å². The van der Waals surface area contributed by atoms with E-state index in [1.807, 2.05) is 31.3 Å². The van der Waals surface area contributed by atoms with E-state index >= 15 is 0 Å². The van der Waals surface area contributed by atoms with E-state index in [0.29, 0.717) is 22.9 Å². The summed E-state index contributed by atoms with van der Waals surface area (Å²) in [6, 6.07) is 13.4. The smallest absolute Gasteiger partial charge is 0.253 e. The normalized spacial score (nSPS) is 20.6. The number of halogens is 2. The van der Waals surface area contributed by atoms with Gasteiger partial charge in [0.05, 0.1) is 19.1 Å². The van der Waals surface area contributed by atoms with Crippen molar-refractivity contribution in [3.05, 3.63) is 93.0 Å². The third kappa shape index (κ3) is 9.98. The topological polar surface area (TPSA) is 84.4 Å². The Morgan fingerprint density at radius 2 is 1.77 bits per heavy atom. The Hall–Kier alpha value is -2.04. The van der Waals surface area contributed by atoms with Gasteiger partial charge < -0.3 is 25.3 Å². The number of piperidine rings is 2. The fraction of sp³-hybridized carbons (Fsp3) is 0.515. The molecular weight excluding hydrogens is 625 g/mol. The monoisotopic (exact) mass is 668 g/mol. The Bertz CT molecular complexity index is 1340. The van der Waals surface area contributed by atoms with Gasteiger partial charge >= 0.3 is 0 Å². The summed E-state index contributed by atoms with van der Waals surface area (Å²) in [5, 5.41) is 12.2. The summed E-state index contributed by atoms with van der Waals surface area (Å²) in [5.41, 5.74) is 2.83. The fourth-order valence-electron chi connectivity index (χ4n) is 6.03. The average molecular weight is 669 g/mol. The second kappa shape index (κ2) is 17.5. The van der Waals surface area contributed by atoms with E-state index < -0.39 is 11.6 Å². The van der Waals surface area contributed by atoms with Gasteiger partial charge in [-0.05, 0) is 56.0 Å². The van der Waals surface area contributed by atoms with Crippen LogP contribution >= 0.6 is 0 Å². The van der Waals surface area contributed by atoms with E-state index in [9.17, 15) is 13.6 Å². The third-order valence-electron chi connectivity index (χ3n) is 8.57. The molecule has 10 heteroatoms. The molecule has 1 saturated carbocycles. The van der Waals surface area contributed by atoms with Crippen molar-refractivity contribution in [2.24, 2.45) is 12.5 Å². The first kappa shape index (κ1) is 35.4. The molecule has 2 aromatic carbocycles. The van der Waals surface area contributed by atoms with Crippen molar-refractivity contribution >= 4 is 0 Å². The Balaban J connectivity index is 0.000000179. The van der Waals surface area contributed by atoms with Crippen LogP contribution in [0.3, 0.4) is 0 Å². The van der Waals surface area contributed by atoms with Crippen LogP contribution in [-0.2, 0) is 39.8 Å². The summed E-state index contributed by atoms with van der Waals surface area (Å²) in [4.78, 5) is 15.7. The molecule has 2 atom stereocenters. The Kier molecular flexibility index (Phi) is 14.4. The van der Waals surface area contributed by atoms with Crippen molar-refractivity contribution in [1.29, 1.82) is 0 Å². The number of ether oxygens (including phenoxy) is 1. The van der Waals surface area contributed by atoms with Gasteiger partial charge in [-0.15, -0.1) is 25.7 Å². The maximum atomic E-state index is 13.1. The van der Waals surface area contributed by atoms with Crippen LogP contribution in [0.5, 0.6) is 5.75 Å². The number of benzene rings is 2. The summed E-state index contributed by atoms with van der Waals surface area (Å²) in [6.07, 6.45) is 12.1. The number of rotatable bonds is 4. The van der Waals surface area contributed by atoms with Crippen LogP contribution in [0.1, 0.15) is 63.0 Å². The summed E-state index contributed by atoms with van der Waals surface area (Å²) < 4.78 is 32.5. The third-order valence-corrected chi connectivity index (χ3v) is 8.57. The molecule has 1 N–H and O–H groups in total. The van der Waals surface area contributed by atoms with Crippen LogP contribution in [0, 0.1) is 17.0 Å². The fourth-order valence-corrected chi connectivity index (χ4v) is 6.03. The molecule has 1 spiro atoms. The second-order valence-electron chi connectivity index (χ2n) is 11.4. The number of nitrogens with zero attached hydrogens (tertiary/aromatic N) is 4. The molecule has 2 aliphatic heterocycles. The summed E-state index contributed by atoms with van der Waals surface area (Å²) in [7, 11) is 5.18. The van der Waals surface area contributed by atoms with Crippen molar-refractivity contribution < 1.29 is 46.2 Å². The molecule has 2 unspecified atom stereocenters. The number of aromatic nitrogens is 2. The van der Waals surface area contributed by atoms with Gasteiger partial charge in [0, 0.05) is 57.4 Å². The molecule has 43 heavy (non-hydrogen) atoms. The van der Waals surface area contributed by atoms with Gasteiger partial charge in [0.2, 0.25) is 0 Å². The van der Waals surface area contributed by atoms with Gasteiger partial charge in [-0.2, -0.15) is 0 Å². The molecule has 1 aliphatic carbocycles. The largest absolute Gasteiger partial charge is 0.662 e. The first-order chi connectivity index (χ1) is 20.3. The van der Waals surface area contributed by atoms with Crippen LogP contribution in [0.15, 0.2) is 59.7 Å². The molecule has 0 bridgehead atoms. The van der Waals surface area contributed by atoms with Crippen molar-refractivity contribution in [1.82, 2.24) is 14.9 Å². The zero-order valence-electron chi connectivity index (χ0n) is 25.6. The summed E-state index contributed by atoms with van der Waals surface area (Å²) in [6.45, 7) is 3.10. The first-order valence-electron chi connectivity index (χ1n) is 14.9. The molecule has 0 amide bonds. The zero-order valence-corrected chi connectivity index (χ0v) is 28.4. The minimum Gasteiger partial charge on any atom is -0.662 e. The van der Waals surface area contributed by atoms with Crippen molar-refractivity contribution in [2.45, 2.75) is 63.5 Å². The van der Waals surface area contributed by atoms with E-state index in [1.54, 1.807) is 20.2 Å². The summed E-state index contributed by atoms with van der Waals surface area (Å²) in [5.74, 6) is -0.882. The molecule has 6 rings (SSSR count). The number of hydrogen-bond acceptors (Lipinski definition) is 4. The molecule has 3 heterocycles. The predicted molar refractivity (Wildman–Crippen MR) is 164 cm³/mol. The van der Waals surface area contributed by atoms with E-state index in [4.69, 9.17) is 4.74 Å². The molecule has 3 aliphatic rings. The van der Waals surface area contributed by atoms with Gasteiger partial charge in [0.1, 0.15) is 5.75 Å². The van der Waals surface area contributed by atoms with Gasteiger partial charge in [0.15, 0.2) is 11.6 Å². The van der Waals surface area contributed by atoms with E-state index in [2.05, 4.69) is 20.9 Å². The molecule has 1 radical (unpaired) electrons. The quantitative estimate of drug-likeness (QED) is 0.327. The SMILES string of the molecule is C1CCC2(C1)CCC[N-]C2.CNC1CC[N-]C(c2ccc(F)c(F)c2)C1.COc1ccccc1-c1cc(=O)n(C)cn1.[Y]. The molecular formula is C33H43F2N5O2Y-2. The van der Waals surface area contributed by atoms with Crippen LogP contribution in [-0.4, -0.2) is 49.4 Å². The molecule has 3 aromatic rings. The van der Waals surface area contributed by atoms with E-state index in [1.165, 1.54) is 74.2 Å². The molecule has 3 fully saturated rings. The van der Waals surface area contributed by atoms with Crippen LogP contribution in [0.25, 0.3) is 21.9 Å². The maximum Gasteiger partial charge on any atom is 0.253 e. The van der Waals surface area contributed by atoms with Crippen LogP contribution in [0.2, 0.25) is 0 Å². The minimum absolute atomic E-state index is 0. The first-order valence-corrected chi connectivity index (χ1v) is 14.9. The standard InChI is InChI=1S/C12H15F2N2.C12H12N2O2.C9H16N.Y/c1-15-9-4-5-16-12(7-9)8-2-3-10(13)11(14)6-8;1-14-8-13-10(7-12(14)15)9-5-3-4-6-11(9)16-2;1-2-5-9(4-1)6-3-7-10-8-9;/h2-3,6,9,12,15H,4-5,7H2,1H3;3-8H,1-2H3;1-8H2;/q-1;;-1;. The predicted octanol–water partition coefficient (Wildman–Crippen LogP) is 6.93. The molecule has 2 saturated heterocycles. The maximum absolute atomic E-state index is 13.1. The Labute approximate surface area is 279 Å². The number of aryl methyl sites for hydroxylation is 1. The number of para-hydroxylation sites is 1. The van der Waals surface area contributed by atoms with Crippen LogP contribution in [0.4, 0.5) is 8.78 Å². The van der Waals surface area contributed by atoms with Gasteiger partial charge in [-0.3, -0.25) is 4.79 Å². The number of methoxy groups -OCH3 is 1. The van der Waals surface area contributed by atoms with Crippen molar-refractivity contribution in [3.8, 4) is 17.0 Å². The van der Waals surface area contributed by atoms with Crippen molar-refractivity contribution in [3.63, 3.8) is 0 Å².